The van der Waals surface area contributed by atoms with Gasteiger partial charge in [0.2, 0.25) is 0 Å². The topological polar surface area (TPSA) is 52.0 Å². The summed E-state index contributed by atoms with van der Waals surface area (Å²) in [4.78, 5) is 0. The van der Waals surface area contributed by atoms with Gasteiger partial charge in [-0.15, -0.1) is 12.4 Å². The standard InChI is InChI=1S/C6H5F3N2.ClH/c7-2-1-3(8)5(10)6(11)4(2)9;/h1H,10-11H2;1H. The maximum atomic E-state index is 12.4. The molecule has 68 valence electrons. The Balaban J connectivity index is 0.00000121. The molecule has 1 aromatic rings. The summed E-state index contributed by atoms with van der Waals surface area (Å²) in [7, 11) is 0. The molecule has 0 saturated carbocycles. The number of rotatable bonds is 0. The van der Waals surface area contributed by atoms with Gasteiger partial charge in [0.25, 0.3) is 0 Å². The van der Waals surface area contributed by atoms with Crippen molar-refractivity contribution in [3.05, 3.63) is 23.5 Å². The monoisotopic (exact) mass is 198 g/mol. The highest BCUT2D eigenvalue weighted by Crippen LogP contribution is 2.24. The van der Waals surface area contributed by atoms with E-state index in [9.17, 15) is 13.2 Å². The summed E-state index contributed by atoms with van der Waals surface area (Å²) >= 11 is 0. The molecule has 12 heavy (non-hydrogen) atoms. The molecule has 0 fully saturated rings. The number of anilines is 2. The largest absolute Gasteiger partial charge is 0.395 e. The molecular formula is C6H6ClF3N2. The van der Waals surface area contributed by atoms with E-state index in [0.717, 1.165) is 0 Å². The van der Waals surface area contributed by atoms with Gasteiger partial charge in [0.1, 0.15) is 0 Å². The molecule has 1 aromatic carbocycles. The van der Waals surface area contributed by atoms with E-state index in [1.807, 2.05) is 0 Å². The third-order valence-corrected chi connectivity index (χ3v) is 1.25. The third kappa shape index (κ3) is 1.55. The molecule has 0 heterocycles. The summed E-state index contributed by atoms with van der Waals surface area (Å²) in [6, 6.07) is 0.348. The van der Waals surface area contributed by atoms with Crippen LogP contribution in [-0.2, 0) is 0 Å². The van der Waals surface area contributed by atoms with Crippen LogP contribution in [0.4, 0.5) is 24.5 Å². The number of hydrogen-bond donors (Lipinski definition) is 2. The molecule has 0 aliphatic rings. The number of nitrogens with two attached hydrogens (primary N) is 2. The molecule has 0 aliphatic heterocycles. The first-order chi connectivity index (χ1) is 5.04. The Morgan fingerprint density at radius 3 is 1.92 bits per heavy atom. The van der Waals surface area contributed by atoms with Crippen molar-refractivity contribution in [3.63, 3.8) is 0 Å². The van der Waals surface area contributed by atoms with E-state index in [1.165, 1.54) is 0 Å². The fourth-order valence-corrected chi connectivity index (χ4v) is 0.628. The van der Waals surface area contributed by atoms with Crippen LogP contribution in [0.25, 0.3) is 0 Å². The third-order valence-electron chi connectivity index (χ3n) is 1.25. The van der Waals surface area contributed by atoms with Crippen LogP contribution in [0, 0.1) is 17.5 Å². The van der Waals surface area contributed by atoms with Gasteiger partial charge >= 0.3 is 0 Å². The predicted octanol–water partition coefficient (Wildman–Crippen LogP) is 1.69. The number of nitrogen functional groups attached to an aromatic ring is 2. The van der Waals surface area contributed by atoms with Crippen molar-refractivity contribution >= 4 is 23.8 Å². The van der Waals surface area contributed by atoms with Gasteiger partial charge < -0.3 is 11.5 Å². The van der Waals surface area contributed by atoms with Crippen LogP contribution in [0.1, 0.15) is 0 Å². The minimum atomic E-state index is -1.34. The summed E-state index contributed by atoms with van der Waals surface area (Å²) in [5.41, 5.74) is 8.59. The average molecular weight is 199 g/mol. The van der Waals surface area contributed by atoms with Gasteiger partial charge in [0, 0.05) is 6.07 Å². The van der Waals surface area contributed by atoms with Gasteiger partial charge in [0.05, 0.1) is 11.4 Å². The van der Waals surface area contributed by atoms with Gasteiger partial charge in [-0.05, 0) is 0 Å². The molecule has 0 bridgehead atoms. The van der Waals surface area contributed by atoms with E-state index < -0.39 is 28.8 Å². The molecule has 4 N–H and O–H groups in total. The molecule has 0 saturated heterocycles. The Bertz CT molecular complexity index is 277. The first-order valence-corrected chi connectivity index (χ1v) is 2.72. The highest BCUT2D eigenvalue weighted by atomic mass is 35.5. The van der Waals surface area contributed by atoms with Crippen molar-refractivity contribution in [2.24, 2.45) is 0 Å². The summed E-state index contributed by atoms with van der Waals surface area (Å²) < 4.78 is 37.1. The highest BCUT2D eigenvalue weighted by Gasteiger charge is 2.13. The van der Waals surface area contributed by atoms with E-state index in [0.29, 0.717) is 6.07 Å². The molecule has 1 rings (SSSR count). The summed E-state index contributed by atoms with van der Waals surface area (Å²) in [6.45, 7) is 0. The molecule has 6 heteroatoms. The van der Waals surface area contributed by atoms with Crippen molar-refractivity contribution in [3.8, 4) is 0 Å². The lowest BCUT2D eigenvalue weighted by Crippen LogP contribution is -2.03. The molecule has 0 atom stereocenters. The number of halogens is 4. The van der Waals surface area contributed by atoms with Gasteiger partial charge in [-0.25, -0.2) is 13.2 Å². The SMILES string of the molecule is Cl.Nc1c(F)cc(F)c(F)c1N. The summed E-state index contributed by atoms with van der Waals surface area (Å²) in [6.07, 6.45) is 0. The van der Waals surface area contributed by atoms with E-state index in [2.05, 4.69) is 0 Å². The molecule has 0 aliphatic carbocycles. The lowest BCUT2D eigenvalue weighted by atomic mass is 10.2. The Hall–Kier alpha value is -1.10. The van der Waals surface area contributed by atoms with Crippen molar-refractivity contribution in [2.45, 2.75) is 0 Å². The maximum absolute atomic E-state index is 12.4. The molecular weight excluding hydrogens is 193 g/mol. The number of hydrogen-bond acceptors (Lipinski definition) is 2. The fraction of sp³-hybridized carbons (Fsp3) is 0. The Kier molecular flexibility index (Phi) is 3.21. The molecule has 0 radical (unpaired) electrons. The van der Waals surface area contributed by atoms with Gasteiger partial charge in [-0.3, -0.25) is 0 Å². The Morgan fingerprint density at radius 1 is 0.917 bits per heavy atom. The lowest BCUT2D eigenvalue weighted by Gasteiger charge is -2.02. The first kappa shape index (κ1) is 10.9. The van der Waals surface area contributed by atoms with Crippen LogP contribution in [0.2, 0.25) is 0 Å². The van der Waals surface area contributed by atoms with Gasteiger partial charge in [-0.2, -0.15) is 0 Å². The van der Waals surface area contributed by atoms with Crippen molar-refractivity contribution < 1.29 is 13.2 Å². The maximum Gasteiger partial charge on any atom is 0.183 e. The first-order valence-electron chi connectivity index (χ1n) is 2.72. The summed E-state index contributed by atoms with van der Waals surface area (Å²) in [5.74, 6) is -3.71. The van der Waals surface area contributed by atoms with E-state index in [1.54, 1.807) is 0 Å². The second kappa shape index (κ2) is 3.53. The van der Waals surface area contributed by atoms with E-state index in [-0.39, 0.29) is 12.4 Å². The summed E-state index contributed by atoms with van der Waals surface area (Å²) in [5, 5.41) is 0. The van der Waals surface area contributed by atoms with Crippen molar-refractivity contribution in [1.82, 2.24) is 0 Å². The zero-order valence-corrected chi connectivity index (χ0v) is 6.59. The van der Waals surface area contributed by atoms with Crippen LogP contribution in [0.5, 0.6) is 0 Å². The number of benzene rings is 1. The molecule has 0 spiro atoms. The molecule has 0 amide bonds. The van der Waals surface area contributed by atoms with Crippen LogP contribution in [-0.4, -0.2) is 0 Å². The highest BCUT2D eigenvalue weighted by molar-refractivity contribution is 5.85. The van der Waals surface area contributed by atoms with Crippen LogP contribution in [0.15, 0.2) is 6.07 Å². The smallest absolute Gasteiger partial charge is 0.183 e. The normalized spacial score (nSPS) is 9.25. The van der Waals surface area contributed by atoms with Crippen molar-refractivity contribution in [1.29, 1.82) is 0 Å². The van der Waals surface area contributed by atoms with Crippen molar-refractivity contribution in [2.75, 3.05) is 11.5 Å². The quantitative estimate of drug-likeness (QED) is 0.492. The van der Waals surface area contributed by atoms with Crippen LogP contribution >= 0.6 is 12.4 Å². The van der Waals surface area contributed by atoms with Crippen LogP contribution < -0.4 is 11.5 Å². The van der Waals surface area contributed by atoms with Gasteiger partial charge in [0.15, 0.2) is 17.5 Å². The zero-order chi connectivity index (χ0) is 8.59. The Labute approximate surface area is 72.8 Å². The molecule has 0 unspecified atom stereocenters. The van der Waals surface area contributed by atoms with E-state index >= 15 is 0 Å². The minimum absolute atomic E-state index is 0. The average Bonchev–Trinajstić information content (AvgIpc) is 1.97. The lowest BCUT2D eigenvalue weighted by molar-refractivity contribution is 0.500. The fourth-order valence-electron chi connectivity index (χ4n) is 0.628. The van der Waals surface area contributed by atoms with Crippen LogP contribution in [0.3, 0.4) is 0 Å². The molecule has 0 aromatic heterocycles. The Morgan fingerprint density at radius 2 is 1.42 bits per heavy atom. The van der Waals surface area contributed by atoms with E-state index in [4.69, 9.17) is 11.5 Å². The minimum Gasteiger partial charge on any atom is -0.395 e. The zero-order valence-electron chi connectivity index (χ0n) is 5.77. The second-order valence-electron chi connectivity index (χ2n) is 1.98. The van der Waals surface area contributed by atoms with Gasteiger partial charge in [-0.1, -0.05) is 0 Å². The molecule has 2 nitrogen and oxygen atoms in total. The second-order valence-corrected chi connectivity index (χ2v) is 1.98. The predicted molar refractivity (Wildman–Crippen MR) is 42.4 cm³/mol.